The summed E-state index contributed by atoms with van der Waals surface area (Å²) in [7, 11) is 0. The first-order valence-corrected chi connectivity index (χ1v) is 9.23. The number of hydrogen-bond acceptors (Lipinski definition) is 6. The maximum Gasteiger partial charge on any atom is 0.251 e. The average Bonchev–Trinajstić information content (AvgIpc) is 3.24. The van der Waals surface area contributed by atoms with E-state index in [4.69, 9.17) is 5.73 Å². The van der Waals surface area contributed by atoms with Crippen LogP contribution in [0.25, 0.3) is 11.4 Å². The van der Waals surface area contributed by atoms with Gasteiger partial charge in [0.05, 0.1) is 16.4 Å². The summed E-state index contributed by atoms with van der Waals surface area (Å²) in [5.74, 6) is -1.06. The summed E-state index contributed by atoms with van der Waals surface area (Å²) in [5, 5.41) is 11.2. The van der Waals surface area contributed by atoms with Gasteiger partial charge in [-0.3, -0.25) is 14.7 Å². The zero-order valence-electron chi connectivity index (χ0n) is 13.5. The number of amides is 2. The van der Waals surface area contributed by atoms with Crippen molar-refractivity contribution in [3.05, 3.63) is 47.1 Å². The van der Waals surface area contributed by atoms with Gasteiger partial charge in [0.2, 0.25) is 11.1 Å². The third-order valence-corrected chi connectivity index (χ3v) is 5.20. The molecule has 0 saturated heterocycles. The van der Waals surface area contributed by atoms with Gasteiger partial charge in [-0.25, -0.2) is 9.37 Å². The number of thiophene rings is 1. The first-order chi connectivity index (χ1) is 12.5. The number of halogens is 1. The highest BCUT2D eigenvalue weighted by Gasteiger charge is 2.20. The van der Waals surface area contributed by atoms with Crippen LogP contribution < -0.4 is 11.1 Å². The van der Waals surface area contributed by atoms with Crippen molar-refractivity contribution in [3.63, 3.8) is 0 Å². The van der Waals surface area contributed by atoms with Gasteiger partial charge in [-0.05, 0) is 30.5 Å². The normalized spacial score (nSPS) is 11.9. The van der Waals surface area contributed by atoms with E-state index in [0.29, 0.717) is 15.7 Å². The first kappa shape index (κ1) is 18.1. The smallest absolute Gasteiger partial charge is 0.251 e. The quantitative estimate of drug-likeness (QED) is 0.559. The number of carbonyl (C=O) groups excluding carboxylic acids is 2. The summed E-state index contributed by atoms with van der Waals surface area (Å²) in [6.07, 6.45) is 0. The van der Waals surface area contributed by atoms with Crippen LogP contribution in [0.4, 0.5) is 9.39 Å². The molecule has 7 nitrogen and oxygen atoms in total. The molecule has 0 saturated carbocycles. The first-order valence-electron chi connectivity index (χ1n) is 7.48. The summed E-state index contributed by atoms with van der Waals surface area (Å²) in [6, 6.07) is 7.75. The minimum absolute atomic E-state index is 0.264. The number of nitrogens with two attached hydrogens (primary N) is 1. The summed E-state index contributed by atoms with van der Waals surface area (Å²) in [4.78, 5) is 27.8. The molecule has 0 fully saturated rings. The van der Waals surface area contributed by atoms with Crippen molar-refractivity contribution in [2.24, 2.45) is 5.73 Å². The van der Waals surface area contributed by atoms with Crippen molar-refractivity contribution in [2.45, 2.75) is 17.3 Å². The van der Waals surface area contributed by atoms with Crippen LogP contribution >= 0.6 is 23.1 Å². The highest BCUT2D eigenvalue weighted by atomic mass is 32.2. The Morgan fingerprint density at radius 3 is 2.85 bits per heavy atom. The van der Waals surface area contributed by atoms with Gasteiger partial charge in [-0.1, -0.05) is 23.9 Å². The molecular weight excluding hydrogens is 377 g/mol. The second-order valence-electron chi connectivity index (χ2n) is 5.22. The van der Waals surface area contributed by atoms with E-state index in [1.807, 2.05) is 0 Å². The molecule has 26 heavy (non-hydrogen) atoms. The lowest BCUT2D eigenvalue weighted by Crippen LogP contribution is -2.23. The lowest BCUT2D eigenvalue weighted by atomic mass is 10.2. The average molecular weight is 391 g/mol. The molecule has 0 aliphatic rings. The Bertz CT molecular complexity index is 956. The Labute approximate surface area is 156 Å². The highest BCUT2D eigenvalue weighted by molar-refractivity contribution is 8.00. The lowest BCUT2D eigenvalue weighted by Gasteiger charge is -2.09. The number of nitrogens with zero attached hydrogens (tertiary/aromatic N) is 2. The maximum atomic E-state index is 13.8. The number of primary amides is 1. The Balaban J connectivity index is 1.67. The molecule has 2 aromatic heterocycles. The third-order valence-electron chi connectivity index (χ3n) is 3.41. The topological polar surface area (TPSA) is 114 Å². The zero-order valence-corrected chi connectivity index (χ0v) is 15.2. The van der Waals surface area contributed by atoms with Crippen LogP contribution in [-0.2, 0) is 4.79 Å². The van der Waals surface area contributed by atoms with Gasteiger partial charge in [-0.15, -0.1) is 16.4 Å². The van der Waals surface area contributed by atoms with Gasteiger partial charge in [0.25, 0.3) is 5.91 Å². The van der Waals surface area contributed by atoms with Gasteiger partial charge < -0.3 is 11.1 Å². The number of hydrogen-bond donors (Lipinski definition) is 3. The molecule has 2 heterocycles. The molecule has 3 aromatic rings. The van der Waals surface area contributed by atoms with Crippen LogP contribution in [0.5, 0.6) is 0 Å². The molecule has 3 rings (SSSR count). The van der Waals surface area contributed by atoms with Crippen molar-refractivity contribution in [1.29, 1.82) is 0 Å². The molecule has 0 aliphatic carbocycles. The number of H-pyrrole nitrogens is 1. The number of benzene rings is 1. The van der Waals surface area contributed by atoms with Crippen LogP contribution in [-0.4, -0.2) is 32.2 Å². The fourth-order valence-electron chi connectivity index (χ4n) is 2.10. The maximum absolute atomic E-state index is 13.8. The summed E-state index contributed by atoms with van der Waals surface area (Å²) >= 11 is 2.32. The number of nitrogens with one attached hydrogen (secondary N) is 2. The molecule has 1 aromatic carbocycles. The molecule has 134 valence electrons. The molecule has 0 bridgehead atoms. The molecule has 1 atom stereocenters. The molecular formula is C16H14FN5O2S2. The second kappa shape index (κ2) is 7.67. The van der Waals surface area contributed by atoms with Crippen LogP contribution in [0.15, 0.2) is 40.9 Å². The summed E-state index contributed by atoms with van der Waals surface area (Å²) in [6.45, 7) is 1.68. The second-order valence-corrected chi connectivity index (χ2v) is 7.45. The van der Waals surface area contributed by atoms with E-state index in [1.165, 1.54) is 17.4 Å². The van der Waals surface area contributed by atoms with Crippen molar-refractivity contribution in [1.82, 2.24) is 15.2 Å². The van der Waals surface area contributed by atoms with Gasteiger partial charge in [0.1, 0.15) is 10.8 Å². The number of aromatic nitrogens is 3. The Hall–Kier alpha value is -2.72. The van der Waals surface area contributed by atoms with E-state index >= 15 is 0 Å². The summed E-state index contributed by atoms with van der Waals surface area (Å²) < 4.78 is 13.8. The van der Waals surface area contributed by atoms with Crippen LogP contribution in [0.3, 0.4) is 0 Å². The highest BCUT2D eigenvalue weighted by Crippen LogP contribution is 2.27. The predicted molar refractivity (Wildman–Crippen MR) is 98.6 cm³/mol. The van der Waals surface area contributed by atoms with Crippen LogP contribution in [0.1, 0.15) is 17.3 Å². The van der Waals surface area contributed by atoms with Crippen LogP contribution in [0.2, 0.25) is 0 Å². The fraction of sp³-hybridized carbons (Fsp3) is 0.125. The molecule has 0 unspecified atom stereocenters. The fourth-order valence-corrected chi connectivity index (χ4v) is 3.62. The molecule has 4 N–H and O–H groups in total. The molecule has 2 amide bonds. The zero-order chi connectivity index (χ0) is 18.7. The van der Waals surface area contributed by atoms with E-state index in [-0.39, 0.29) is 17.3 Å². The van der Waals surface area contributed by atoms with Crippen molar-refractivity contribution >= 4 is 39.9 Å². The van der Waals surface area contributed by atoms with Crippen LogP contribution in [0, 0.1) is 5.82 Å². The van der Waals surface area contributed by atoms with E-state index < -0.39 is 17.0 Å². The monoisotopic (exact) mass is 391 g/mol. The number of carbonyl (C=O) groups is 2. The standard InChI is InChI=1S/C16H14FN5O2S2/c1-8(14(24)20-15-10(12(18)23)6-7-25-15)26-16-19-13(21-22-16)9-4-2-3-5-11(9)17/h2-8H,1H3,(H2,18,23)(H,20,24)(H,19,21,22)/t8-/m0/s1. The van der Waals surface area contributed by atoms with Gasteiger partial charge >= 0.3 is 0 Å². The number of aromatic amines is 1. The van der Waals surface area contributed by atoms with Gasteiger partial charge in [-0.2, -0.15) is 0 Å². The molecule has 0 aliphatic heterocycles. The minimum Gasteiger partial charge on any atom is -0.366 e. The van der Waals surface area contributed by atoms with E-state index in [2.05, 4.69) is 20.5 Å². The van der Waals surface area contributed by atoms with E-state index in [9.17, 15) is 14.0 Å². The van der Waals surface area contributed by atoms with E-state index in [1.54, 1.807) is 36.6 Å². The lowest BCUT2D eigenvalue weighted by molar-refractivity contribution is -0.115. The van der Waals surface area contributed by atoms with Crippen molar-refractivity contribution < 1.29 is 14.0 Å². The number of thioether (sulfide) groups is 1. The third kappa shape index (κ3) is 3.92. The number of anilines is 1. The van der Waals surface area contributed by atoms with Gasteiger partial charge in [0, 0.05) is 0 Å². The number of rotatable bonds is 6. The Kier molecular flexibility index (Phi) is 5.33. The molecule has 0 radical (unpaired) electrons. The molecule has 10 heteroatoms. The largest absolute Gasteiger partial charge is 0.366 e. The van der Waals surface area contributed by atoms with E-state index in [0.717, 1.165) is 11.8 Å². The minimum atomic E-state index is -0.606. The molecule has 0 spiro atoms. The van der Waals surface area contributed by atoms with Crippen molar-refractivity contribution in [2.75, 3.05) is 5.32 Å². The predicted octanol–water partition coefficient (Wildman–Crippen LogP) is 2.89. The Morgan fingerprint density at radius 2 is 2.12 bits per heavy atom. The Morgan fingerprint density at radius 1 is 1.35 bits per heavy atom. The summed E-state index contributed by atoms with van der Waals surface area (Å²) in [5.41, 5.74) is 5.82. The SMILES string of the molecule is C[C@H](Sc1n[nH]c(-c2ccccc2F)n1)C(=O)Nc1sccc1C(N)=O. The van der Waals surface area contributed by atoms with Crippen molar-refractivity contribution in [3.8, 4) is 11.4 Å². The van der Waals surface area contributed by atoms with Gasteiger partial charge in [0.15, 0.2) is 5.82 Å².